The van der Waals surface area contributed by atoms with E-state index in [1.54, 1.807) is 6.92 Å². The van der Waals surface area contributed by atoms with Crippen LogP contribution in [-0.2, 0) is 0 Å². The summed E-state index contributed by atoms with van der Waals surface area (Å²) >= 11 is 0. The molecule has 0 saturated heterocycles. The lowest BCUT2D eigenvalue weighted by molar-refractivity contribution is -0.275. The van der Waals surface area contributed by atoms with Crippen molar-refractivity contribution in [3.63, 3.8) is 0 Å². The molecule has 3 rings (SSSR count). The minimum absolute atomic E-state index is 0.0120. The predicted octanol–water partition coefficient (Wildman–Crippen LogP) is 5.48. The summed E-state index contributed by atoms with van der Waals surface area (Å²) in [6, 6.07) is 11.1. The van der Waals surface area contributed by atoms with Gasteiger partial charge in [-0.05, 0) is 31.2 Å². The van der Waals surface area contributed by atoms with Crippen molar-refractivity contribution in [3.8, 4) is 22.8 Å². The molecule has 0 fully saturated rings. The van der Waals surface area contributed by atoms with Crippen molar-refractivity contribution in [2.75, 3.05) is 17.2 Å². The molecule has 182 valence electrons. The van der Waals surface area contributed by atoms with E-state index in [1.807, 2.05) is 0 Å². The van der Waals surface area contributed by atoms with Gasteiger partial charge in [0.15, 0.2) is 5.75 Å². The van der Waals surface area contributed by atoms with E-state index in [0.717, 1.165) is 18.2 Å². The zero-order valence-electron chi connectivity index (χ0n) is 17.4. The van der Waals surface area contributed by atoms with Crippen molar-refractivity contribution in [1.82, 2.24) is 9.97 Å². The summed E-state index contributed by atoms with van der Waals surface area (Å²) < 4.78 is 84.0. The zero-order chi connectivity index (χ0) is 24.9. The van der Waals surface area contributed by atoms with E-state index in [4.69, 9.17) is 0 Å². The Kier molecular flexibility index (Phi) is 7.35. The van der Waals surface area contributed by atoms with Gasteiger partial charge < -0.3 is 25.2 Å². The zero-order valence-corrected chi connectivity index (χ0v) is 17.4. The van der Waals surface area contributed by atoms with E-state index >= 15 is 0 Å². The van der Waals surface area contributed by atoms with Gasteiger partial charge in [-0.25, -0.2) is 4.98 Å². The van der Waals surface area contributed by atoms with Crippen molar-refractivity contribution >= 4 is 17.5 Å². The predicted molar refractivity (Wildman–Crippen MR) is 111 cm³/mol. The Morgan fingerprint density at radius 2 is 1.62 bits per heavy atom. The molecular weight excluding hydrogens is 470 g/mol. The Hall–Kier alpha value is -3.74. The number of rotatable bonds is 8. The van der Waals surface area contributed by atoms with E-state index < -0.39 is 30.3 Å². The number of ether oxygens (including phenoxy) is 2. The van der Waals surface area contributed by atoms with E-state index in [0.29, 0.717) is 0 Å². The molecule has 34 heavy (non-hydrogen) atoms. The molecule has 1 atom stereocenters. The maximum absolute atomic E-state index is 12.7. The van der Waals surface area contributed by atoms with Crippen LogP contribution in [0, 0.1) is 0 Å². The first-order chi connectivity index (χ1) is 15.9. The normalized spacial score (nSPS) is 12.7. The maximum atomic E-state index is 12.7. The molecule has 0 spiro atoms. The quantitative estimate of drug-likeness (QED) is 0.362. The van der Waals surface area contributed by atoms with E-state index in [9.17, 15) is 31.4 Å². The van der Waals surface area contributed by atoms with Crippen molar-refractivity contribution in [3.05, 3.63) is 54.6 Å². The smallest absolute Gasteiger partial charge is 0.406 e. The second kappa shape index (κ2) is 10.0. The number of aliphatic hydroxyl groups is 1. The number of halogens is 6. The van der Waals surface area contributed by atoms with Gasteiger partial charge >= 0.3 is 12.7 Å². The van der Waals surface area contributed by atoms with Gasteiger partial charge in [-0.3, -0.25) is 0 Å². The Morgan fingerprint density at radius 3 is 2.29 bits per heavy atom. The number of para-hydroxylation sites is 2. The second-order valence-corrected chi connectivity index (χ2v) is 6.93. The fourth-order valence-electron chi connectivity index (χ4n) is 2.76. The Morgan fingerprint density at radius 1 is 0.912 bits per heavy atom. The van der Waals surface area contributed by atoms with Gasteiger partial charge in [0.1, 0.15) is 11.6 Å². The number of hydrogen-bond acceptors (Lipinski definition) is 7. The highest BCUT2D eigenvalue weighted by molar-refractivity contribution is 5.70. The Balaban J connectivity index is 2.01. The maximum Gasteiger partial charge on any atom is 0.573 e. The molecule has 0 saturated carbocycles. The summed E-state index contributed by atoms with van der Waals surface area (Å²) in [5.41, 5.74) is 0.276. The van der Waals surface area contributed by atoms with Crippen LogP contribution in [-0.4, -0.2) is 40.4 Å². The summed E-state index contributed by atoms with van der Waals surface area (Å²) in [6.07, 6.45) is -9.83. The van der Waals surface area contributed by atoms with Gasteiger partial charge in [0.05, 0.1) is 18.0 Å². The van der Waals surface area contributed by atoms with E-state index in [1.165, 1.54) is 36.4 Å². The molecule has 1 aromatic heterocycles. The molecule has 0 aliphatic carbocycles. The molecule has 0 amide bonds. The molecule has 0 aliphatic rings. The van der Waals surface area contributed by atoms with Crippen LogP contribution in [0.5, 0.6) is 11.5 Å². The van der Waals surface area contributed by atoms with Crippen LogP contribution in [0.2, 0.25) is 0 Å². The number of benzene rings is 2. The van der Waals surface area contributed by atoms with Crippen molar-refractivity contribution in [2.24, 2.45) is 0 Å². The summed E-state index contributed by atoms with van der Waals surface area (Å²) in [7, 11) is 0. The van der Waals surface area contributed by atoms with Crippen LogP contribution in [0.15, 0.2) is 54.6 Å². The SMILES string of the molecule is C[C@H](CO)Nc1nc(Nc2ccccc2OC(F)(F)F)cc(-c2cccc(OC(F)(F)F)c2)n1. The first-order valence-corrected chi connectivity index (χ1v) is 9.66. The first-order valence-electron chi connectivity index (χ1n) is 9.66. The second-order valence-electron chi connectivity index (χ2n) is 6.93. The number of anilines is 3. The highest BCUT2D eigenvalue weighted by Crippen LogP contribution is 2.33. The number of hydrogen-bond donors (Lipinski definition) is 3. The van der Waals surface area contributed by atoms with Crippen molar-refractivity contribution in [1.29, 1.82) is 0 Å². The summed E-state index contributed by atoms with van der Waals surface area (Å²) in [5.74, 6) is -1.02. The molecular formula is C21H18F6N4O3. The van der Waals surface area contributed by atoms with Crippen molar-refractivity contribution < 1.29 is 40.9 Å². The highest BCUT2D eigenvalue weighted by atomic mass is 19.4. The van der Waals surface area contributed by atoms with Gasteiger partial charge in [-0.1, -0.05) is 24.3 Å². The van der Waals surface area contributed by atoms with E-state index in [-0.39, 0.29) is 35.3 Å². The third-order valence-corrected chi connectivity index (χ3v) is 4.11. The minimum Gasteiger partial charge on any atom is -0.406 e. The first kappa shape index (κ1) is 24.9. The van der Waals surface area contributed by atoms with Crippen LogP contribution in [0.4, 0.5) is 43.8 Å². The fraction of sp³-hybridized carbons (Fsp3) is 0.238. The molecule has 0 aliphatic heterocycles. The number of aliphatic hydroxyl groups excluding tert-OH is 1. The van der Waals surface area contributed by atoms with Gasteiger partial charge in [0.25, 0.3) is 0 Å². The Bertz CT molecular complexity index is 1120. The molecule has 13 heteroatoms. The lowest BCUT2D eigenvalue weighted by Crippen LogP contribution is -2.21. The lowest BCUT2D eigenvalue weighted by Gasteiger charge is -2.17. The van der Waals surface area contributed by atoms with Gasteiger partial charge in [0.2, 0.25) is 5.95 Å². The third kappa shape index (κ3) is 7.40. The van der Waals surface area contributed by atoms with Crippen LogP contribution < -0.4 is 20.1 Å². The largest absolute Gasteiger partial charge is 0.573 e. The van der Waals surface area contributed by atoms with Gasteiger partial charge in [-0.2, -0.15) is 4.98 Å². The monoisotopic (exact) mass is 488 g/mol. The highest BCUT2D eigenvalue weighted by Gasteiger charge is 2.32. The fourth-order valence-corrected chi connectivity index (χ4v) is 2.76. The molecule has 1 heterocycles. The molecule has 3 N–H and O–H groups in total. The summed E-state index contributed by atoms with van der Waals surface area (Å²) in [4.78, 5) is 8.40. The van der Waals surface area contributed by atoms with Gasteiger partial charge in [-0.15, -0.1) is 26.3 Å². The Labute approximate surface area is 189 Å². The molecule has 7 nitrogen and oxygen atoms in total. The molecule has 3 aromatic rings. The molecule has 0 radical (unpaired) electrons. The third-order valence-electron chi connectivity index (χ3n) is 4.11. The van der Waals surface area contributed by atoms with Crippen LogP contribution >= 0.6 is 0 Å². The van der Waals surface area contributed by atoms with Crippen LogP contribution in [0.1, 0.15) is 6.92 Å². The van der Waals surface area contributed by atoms with Gasteiger partial charge in [0, 0.05) is 17.7 Å². The van der Waals surface area contributed by atoms with E-state index in [2.05, 4.69) is 30.1 Å². The average molecular weight is 488 g/mol. The van der Waals surface area contributed by atoms with Crippen LogP contribution in [0.3, 0.4) is 0 Å². The lowest BCUT2D eigenvalue weighted by atomic mass is 10.1. The number of nitrogens with one attached hydrogen (secondary N) is 2. The van der Waals surface area contributed by atoms with Crippen LogP contribution in [0.25, 0.3) is 11.3 Å². The minimum atomic E-state index is -4.93. The molecule has 0 unspecified atom stereocenters. The average Bonchev–Trinajstić information content (AvgIpc) is 2.73. The number of aromatic nitrogens is 2. The molecule has 2 aromatic carbocycles. The number of nitrogens with zero attached hydrogens (tertiary/aromatic N) is 2. The standard InChI is InChI=1S/C21H18F6N4O3/c1-12(11-32)28-19-30-16(13-5-4-6-14(9-13)33-20(22,23)24)10-18(31-19)29-15-7-2-3-8-17(15)34-21(25,26)27/h2-10,12,32H,11H2,1H3,(H2,28,29,30,31)/t12-/m1/s1. The summed E-state index contributed by atoms with van der Waals surface area (Å²) in [6.45, 7) is 1.33. The summed E-state index contributed by atoms with van der Waals surface area (Å²) in [5, 5.41) is 14.8. The topological polar surface area (TPSA) is 88.5 Å². The molecule has 0 bridgehead atoms. The van der Waals surface area contributed by atoms with Crippen molar-refractivity contribution in [2.45, 2.75) is 25.7 Å². The number of alkyl halides is 6.